The molecule has 0 spiro atoms. The molecule has 3 amide bonds. The number of nitrogens with one attached hydrogen (secondary N) is 2. The summed E-state index contributed by atoms with van der Waals surface area (Å²) in [5.74, 6) is 1.63. The first kappa shape index (κ1) is 22.4. The van der Waals surface area contributed by atoms with Crippen molar-refractivity contribution >= 4 is 23.4 Å². The molecule has 4 N–H and O–H groups in total. The summed E-state index contributed by atoms with van der Waals surface area (Å²) < 4.78 is 0. The van der Waals surface area contributed by atoms with Gasteiger partial charge in [0.25, 0.3) is 0 Å². The Morgan fingerprint density at radius 2 is 1.70 bits per heavy atom. The molecule has 1 aliphatic heterocycles. The lowest BCUT2D eigenvalue weighted by molar-refractivity contribution is -0.146. The van der Waals surface area contributed by atoms with Crippen molar-refractivity contribution in [3.05, 3.63) is 29.8 Å². The number of carbonyl (C=O) groups is 3. The van der Waals surface area contributed by atoms with Crippen molar-refractivity contribution in [3.63, 3.8) is 0 Å². The summed E-state index contributed by atoms with van der Waals surface area (Å²) in [5, 5.41) is 5.96. The molecule has 1 unspecified atom stereocenters. The monoisotopic (exact) mass is 452 g/mol. The van der Waals surface area contributed by atoms with Gasteiger partial charge in [-0.3, -0.25) is 19.3 Å². The van der Waals surface area contributed by atoms with Gasteiger partial charge in [0, 0.05) is 24.2 Å². The molecule has 5 aliphatic rings. The molecule has 1 atom stereocenters. The Balaban J connectivity index is 1.16. The number of amides is 3. The lowest BCUT2D eigenvalue weighted by Gasteiger charge is -2.55. The van der Waals surface area contributed by atoms with Crippen LogP contribution in [0.25, 0.3) is 0 Å². The predicted octanol–water partition coefficient (Wildman–Crippen LogP) is 2.65. The second kappa shape index (κ2) is 9.09. The van der Waals surface area contributed by atoms with Gasteiger partial charge in [-0.1, -0.05) is 18.2 Å². The number of benzene rings is 1. The molecule has 1 heterocycles. The number of anilines is 1. The Hall–Kier alpha value is -2.41. The average Bonchev–Trinajstić information content (AvgIpc) is 2.78. The highest BCUT2D eigenvalue weighted by molar-refractivity contribution is 5.96. The van der Waals surface area contributed by atoms with Crippen LogP contribution in [-0.4, -0.2) is 42.3 Å². The molecular weight excluding hydrogens is 416 g/mol. The van der Waals surface area contributed by atoms with Crippen LogP contribution < -0.4 is 16.4 Å². The maximum Gasteiger partial charge on any atom is 0.243 e. The standard InChI is InChI=1S/C26H36N4O3/c27-24(32)21-5-3-7-30(16-21)15-20-4-1-2-6-22(20)29-23(31)14-28-25(33)26-11-17-8-18(12-26)10-19(9-17)13-26/h1-2,4,6,17-19,21H,3,5,7-16H2,(H2,27,32)(H,28,33)(H,29,31). The molecule has 7 nitrogen and oxygen atoms in total. The number of nitrogens with two attached hydrogens (primary N) is 1. The van der Waals surface area contributed by atoms with Gasteiger partial charge in [0.2, 0.25) is 17.7 Å². The number of piperidine rings is 1. The summed E-state index contributed by atoms with van der Waals surface area (Å²) in [5.41, 5.74) is 7.04. The van der Waals surface area contributed by atoms with Gasteiger partial charge in [0.15, 0.2) is 0 Å². The highest BCUT2D eigenvalue weighted by atomic mass is 16.2. The van der Waals surface area contributed by atoms with E-state index in [4.69, 9.17) is 5.73 Å². The first-order chi connectivity index (χ1) is 15.9. The molecule has 5 fully saturated rings. The average molecular weight is 453 g/mol. The Morgan fingerprint density at radius 3 is 2.36 bits per heavy atom. The largest absolute Gasteiger partial charge is 0.369 e. The lowest BCUT2D eigenvalue weighted by atomic mass is 9.49. The number of nitrogens with zero attached hydrogens (tertiary/aromatic N) is 1. The van der Waals surface area contributed by atoms with E-state index in [9.17, 15) is 14.4 Å². The van der Waals surface area contributed by atoms with Crippen molar-refractivity contribution < 1.29 is 14.4 Å². The van der Waals surface area contributed by atoms with Crippen LogP contribution >= 0.6 is 0 Å². The van der Waals surface area contributed by atoms with Crippen molar-refractivity contribution in [2.75, 3.05) is 25.0 Å². The second-order valence-corrected chi connectivity index (χ2v) is 11.1. The summed E-state index contributed by atoms with van der Waals surface area (Å²) >= 11 is 0. The Kier molecular flexibility index (Phi) is 6.16. The van der Waals surface area contributed by atoms with Crippen molar-refractivity contribution in [1.29, 1.82) is 0 Å². The summed E-state index contributed by atoms with van der Waals surface area (Å²) in [7, 11) is 0. The third kappa shape index (κ3) is 4.79. The van der Waals surface area contributed by atoms with Crippen LogP contribution in [-0.2, 0) is 20.9 Å². The SMILES string of the molecule is NC(=O)C1CCCN(Cc2ccccc2NC(=O)CNC(=O)C23CC4CC(CC(C4)C2)C3)C1. The number of likely N-dealkylation sites (tertiary alicyclic amines) is 1. The zero-order chi connectivity index (χ0) is 23.0. The van der Waals surface area contributed by atoms with E-state index in [-0.39, 0.29) is 35.6 Å². The van der Waals surface area contributed by atoms with E-state index in [1.54, 1.807) is 0 Å². The molecular formula is C26H36N4O3. The number of para-hydroxylation sites is 1. The minimum absolute atomic E-state index is 0.00236. The maximum atomic E-state index is 13.1. The van der Waals surface area contributed by atoms with E-state index in [0.717, 1.165) is 49.9 Å². The fourth-order valence-corrected chi connectivity index (χ4v) is 7.38. The predicted molar refractivity (Wildman–Crippen MR) is 126 cm³/mol. The number of primary amides is 1. The summed E-state index contributed by atoms with van der Waals surface area (Å²) in [4.78, 5) is 39.7. The molecule has 4 bridgehead atoms. The van der Waals surface area contributed by atoms with Crippen molar-refractivity contribution in [2.45, 2.75) is 57.9 Å². The topological polar surface area (TPSA) is 105 Å². The minimum Gasteiger partial charge on any atom is -0.369 e. The van der Waals surface area contributed by atoms with Crippen LogP contribution in [0.15, 0.2) is 24.3 Å². The van der Waals surface area contributed by atoms with Gasteiger partial charge in [-0.2, -0.15) is 0 Å². The van der Waals surface area contributed by atoms with Crippen molar-refractivity contribution in [1.82, 2.24) is 10.2 Å². The Bertz CT molecular complexity index is 895. The third-order valence-corrected chi connectivity index (χ3v) is 8.52. The van der Waals surface area contributed by atoms with E-state index >= 15 is 0 Å². The fourth-order valence-electron chi connectivity index (χ4n) is 7.38. The van der Waals surface area contributed by atoms with Gasteiger partial charge in [-0.25, -0.2) is 0 Å². The smallest absolute Gasteiger partial charge is 0.243 e. The first-order valence-electron chi connectivity index (χ1n) is 12.6. The van der Waals surface area contributed by atoms with Crippen LogP contribution in [0.5, 0.6) is 0 Å². The fraction of sp³-hybridized carbons (Fsp3) is 0.654. The number of carbonyl (C=O) groups excluding carboxylic acids is 3. The van der Waals surface area contributed by atoms with Crippen molar-refractivity contribution in [2.24, 2.45) is 34.8 Å². The number of hydrogen-bond acceptors (Lipinski definition) is 4. The van der Waals surface area contributed by atoms with Gasteiger partial charge < -0.3 is 16.4 Å². The highest BCUT2D eigenvalue weighted by Crippen LogP contribution is 2.60. The number of rotatable bonds is 7. The lowest BCUT2D eigenvalue weighted by Crippen LogP contribution is -2.54. The van der Waals surface area contributed by atoms with Crippen LogP contribution in [0.2, 0.25) is 0 Å². The van der Waals surface area contributed by atoms with Gasteiger partial charge >= 0.3 is 0 Å². The van der Waals surface area contributed by atoms with E-state index in [0.29, 0.717) is 30.8 Å². The molecule has 0 radical (unpaired) electrons. The zero-order valence-electron chi connectivity index (χ0n) is 19.4. The summed E-state index contributed by atoms with van der Waals surface area (Å²) in [6, 6.07) is 7.74. The quantitative estimate of drug-likeness (QED) is 0.592. The van der Waals surface area contributed by atoms with Crippen LogP contribution in [0, 0.1) is 29.1 Å². The molecule has 6 rings (SSSR count). The normalized spacial score (nSPS) is 33.0. The Morgan fingerprint density at radius 1 is 1.03 bits per heavy atom. The zero-order valence-corrected chi connectivity index (χ0v) is 19.4. The van der Waals surface area contributed by atoms with Crippen LogP contribution in [0.4, 0.5) is 5.69 Å². The molecule has 7 heteroatoms. The van der Waals surface area contributed by atoms with Crippen molar-refractivity contribution in [3.8, 4) is 0 Å². The molecule has 4 saturated carbocycles. The maximum absolute atomic E-state index is 13.1. The Labute approximate surface area is 195 Å². The summed E-state index contributed by atoms with van der Waals surface area (Å²) in [6.45, 7) is 2.22. The van der Waals surface area contributed by atoms with Gasteiger partial charge in [0.05, 0.1) is 12.5 Å². The highest BCUT2D eigenvalue weighted by Gasteiger charge is 2.54. The molecule has 1 saturated heterocycles. The van der Waals surface area contributed by atoms with Crippen LogP contribution in [0.3, 0.4) is 0 Å². The van der Waals surface area contributed by atoms with E-state index in [1.165, 1.54) is 19.3 Å². The third-order valence-electron chi connectivity index (χ3n) is 8.52. The molecule has 178 valence electrons. The minimum atomic E-state index is -0.240. The van der Waals surface area contributed by atoms with E-state index in [2.05, 4.69) is 15.5 Å². The van der Waals surface area contributed by atoms with Gasteiger partial charge in [0.1, 0.15) is 0 Å². The first-order valence-corrected chi connectivity index (χ1v) is 12.6. The van der Waals surface area contributed by atoms with Crippen LogP contribution in [0.1, 0.15) is 56.9 Å². The van der Waals surface area contributed by atoms with Gasteiger partial charge in [-0.05, 0) is 87.3 Å². The molecule has 1 aromatic rings. The molecule has 33 heavy (non-hydrogen) atoms. The second-order valence-electron chi connectivity index (χ2n) is 11.1. The molecule has 0 aromatic heterocycles. The van der Waals surface area contributed by atoms with E-state index < -0.39 is 0 Å². The van der Waals surface area contributed by atoms with Gasteiger partial charge in [-0.15, -0.1) is 0 Å². The van der Waals surface area contributed by atoms with E-state index in [1.807, 2.05) is 24.3 Å². The molecule has 4 aliphatic carbocycles. The number of hydrogen-bond donors (Lipinski definition) is 3. The molecule has 1 aromatic carbocycles. The summed E-state index contributed by atoms with van der Waals surface area (Å²) in [6.07, 6.45) is 8.65.